The maximum atomic E-state index is 12.4. The fourth-order valence-corrected chi connectivity index (χ4v) is 3.72. The first kappa shape index (κ1) is 21.6. The minimum absolute atomic E-state index is 0.101. The van der Waals surface area contributed by atoms with Crippen LogP contribution in [0.3, 0.4) is 0 Å². The first-order chi connectivity index (χ1) is 13.0. The molecule has 0 unspecified atom stereocenters. The SMILES string of the molecule is Cc1cc(C)c(NC(=O)[C@@H](C)OC(=O)c2ccc(CS(C)(=O)=O)cc2)c(C)c1. The van der Waals surface area contributed by atoms with E-state index in [1.807, 2.05) is 32.9 Å². The highest BCUT2D eigenvalue weighted by atomic mass is 32.2. The molecule has 150 valence electrons. The first-order valence-corrected chi connectivity index (χ1v) is 10.9. The smallest absolute Gasteiger partial charge is 0.338 e. The third kappa shape index (κ3) is 5.92. The topological polar surface area (TPSA) is 89.5 Å². The lowest BCUT2D eigenvalue weighted by Crippen LogP contribution is -2.30. The molecule has 6 nitrogen and oxygen atoms in total. The maximum absolute atomic E-state index is 12.4. The van der Waals surface area contributed by atoms with Crippen LogP contribution in [0, 0.1) is 20.8 Å². The van der Waals surface area contributed by atoms with Gasteiger partial charge in [0.2, 0.25) is 0 Å². The fraction of sp³-hybridized carbons (Fsp3) is 0.333. The lowest BCUT2D eigenvalue weighted by Gasteiger charge is -2.17. The molecule has 2 aromatic rings. The van der Waals surface area contributed by atoms with E-state index in [-0.39, 0.29) is 11.3 Å². The molecule has 1 atom stereocenters. The van der Waals surface area contributed by atoms with E-state index in [2.05, 4.69) is 5.32 Å². The highest BCUT2D eigenvalue weighted by Gasteiger charge is 2.20. The minimum Gasteiger partial charge on any atom is -0.449 e. The van der Waals surface area contributed by atoms with E-state index >= 15 is 0 Å². The van der Waals surface area contributed by atoms with E-state index in [1.165, 1.54) is 19.1 Å². The van der Waals surface area contributed by atoms with Gasteiger partial charge in [-0.05, 0) is 56.5 Å². The second kappa shape index (κ2) is 8.56. The minimum atomic E-state index is -3.15. The zero-order chi connectivity index (χ0) is 21.1. The van der Waals surface area contributed by atoms with Gasteiger partial charge in [0.05, 0.1) is 11.3 Å². The lowest BCUT2D eigenvalue weighted by molar-refractivity contribution is -0.123. The number of carbonyl (C=O) groups excluding carboxylic acids is 2. The van der Waals surface area contributed by atoms with Crippen molar-refractivity contribution >= 4 is 27.4 Å². The molecule has 0 bridgehead atoms. The van der Waals surface area contributed by atoms with Gasteiger partial charge in [0, 0.05) is 11.9 Å². The Morgan fingerprint density at radius 1 is 1.04 bits per heavy atom. The van der Waals surface area contributed by atoms with Gasteiger partial charge in [-0.3, -0.25) is 4.79 Å². The molecule has 1 amide bonds. The molecule has 1 N–H and O–H groups in total. The normalized spacial score (nSPS) is 12.3. The van der Waals surface area contributed by atoms with Crippen LogP contribution in [0.25, 0.3) is 0 Å². The van der Waals surface area contributed by atoms with Crippen molar-refractivity contribution in [3.8, 4) is 0 Å². The van der Waals surface area contributed by atoms with E-state index in [4.69, 9.17) is 4.74 Å². The van der Waals surface area contributed by atoms with Crippen LogP contribution in [-0.4, -0.2) is 32.7 Å². The van der Waals surface area contributed by atoms with E-state index in [1.54, 1.807) is 12.1 Å². The summed E-state index contributed by atoms with van der Waals surface area (Å²) in [6.07, 6.45) is 0.163. The summed E-state index contributed by atoms with van der Waals surface area (Å²) in [5, 5.41) is 2.81. The van der Waals surface area contributed by atoms with Crippen LogP contribution >= 0.6 is 0 Å². The molecule has 0 heterocycles. The van der Waals surface area contributed by atoms with Crippen molar-refractivity contribution in [3.63, 3.8) is 0 Å². The molecule has 28 heavy (non-hydrogen) atoms. The van der Waals surface area contributed by atoms with Gasteiger partial charge in [0.15, 0.2) is 15.9 Å². The van der Waals surface area contributed by atoms with Crippen molar-refractivity contribution in [3.05, 3.63) is 64.2 Å². The van der Waals surface area contributed by atoms with Crippen LogP contribution in [-0.2, 0) is 25.1 Å². The predicted octanol–water partition coefficient (Wildman–Crippen LogP) is 3.34. The van der Waals surface area contributed by atoms with Gasteiger partial charge in [-0.25, -0.2) is 13.2 Å². The van der Waals surface area contributed by atoms with Gasteiger partial charge in [-0.1, -0.05) is 29.8 Å². The zero-order valence-corrected chi connectivity index (χ0v) is 17.5. The van der Waals surface area contributed by atoms with Crippen molar-refractivity contribution in [1.82, 2.24) is 0 Å². The molecule has 0 aliphatic heterocycles. The quantitative estimate of drug-likeness (QED) is 0.747. The molecular formula is C21H25NO5S. The van der Waals surface area contributed by atoms with Gasteiger partial charge in [-0.2, -0.15) is 0 Å². The number of sulfone groups is 1. The summed E-state index contributed by atoms with van der Waals surface area (Å²) in [7, 11) is -3.15. The average Bonchev–Trinajstić information content (AvgIpc) is 2.56. The molecule has 0 fully saturated rings. The number of nitrogens with one attached hydrogen (secondary N) is 1. The van der Waals surface area contributed by atoms with Gasteiger partial charge in [0.1, 0.15) is 0 Å². The molecule has 0 aromatic heterocycles. The summed E-state index contributed by atoms with van der Waals surface area (Å²) >= 11 is 0. The van der Waals surface area contributed by atoms with E-state index < -0.39 is 27.8 Å². The van der Waals surface area contributed by atoms with E-state index in [0.717, 1.165) is 22.9 Å². The van der Waals surface area contributed by atoms with Crippen LogP contribution in [0.2, 0.25) is 0 Å². The largest absolute Gasteiger partial charge is 0.449 e. The first-order valence-electron chi connectivity index (χ1n) is 8.82. The third-order valence-electron chi connectivity index (χ3n) is 4.20. The highest BCUT2D eigenvalue weighted by Crippen LogP contribution is 2.22. The Balaban J connectivity index is 2.03. The number of amides is 1. The molecule has 7 heteroatoms. The van der Waals surface area contributed by atoms with E-state index in [0.29, 0.717) is 11.3 Å². The van der Waals surface area contributed by atoms with Crippen molar-refractivity contribution in [2.24, 2.45) is 0 Å². The second-order valence-electron chi connectivity index (χ2n) is 7.08. The Kier molecular flexibility index (Phi) is 6.61. The highest BCUT2D eigenvalue weighted by molar-refractivity contribution is 7.89. The van der Waals surface area contributed by atoms with Crippen molar-refractivity contribution in [2.45, 2.75) is 39.6 Å². The number of rotatable bonds is 6. The summed E-state index contributed by atoms with van der Waals surface area (Å²) in [4.78, 5) is 24.7. The molecule has 2 aromatic carbocycles. The number of esters is 1. The Hall–Kier alpha value is -2.67. The van der Waals surface area contributed by atoms with Gasteiger partial charge in [-0.15, -0.1) is 0 Å². The third-order valence-corrected chi connectivity index (χ3v) is 5.05. The predicted molar refractivity (Wildman–Crippen MR) is 109 cm³/mol. The monoisotopic (exact) mass is 403 g/mol. The van der Waals surface area contributed by atoms with Crippen LogP contribution in [0.4, 0.5) is 5.69 Å². The number of hydrogen-bond donors (Lipinski definition) is 1. The van der Waals surface area contributed by atoms with Crippen LogP contribution in [0.1, 0.15) is 39.5 Å². The summed E-state index contributed by atoms with van der Waals surface area (Å²) in [5.74, 6) is -1.17. The van der Waals surface area contributed by atoms with Crippen molar-refractivity contribution in [2.75, 3.05) is 11.6 Å². The Bertz CT molecular complexity index is 971. The number of carbonyl (C=O) groups is 2. The van der Waals surface area contributed by atoms with Crippen LogP contribution in [0.5, 0.6) is 0 Å². The number of benzene rings is 2. The maximum Gasteiger partial charge on any atom is 0.338 e. The summed E-state index contributed by atoms with van der Waals surface area (Å²) < 4.78 is 27.9. The summed E-state index contributed by atoms with van der Waals surface area (Å²) in [5.41, 5.74) is 4.52. The number of anilines is 1. The van der Waals surface area contributed by atoms with Gasteiger partial charge >= 0.3 is 5.97 Å². The van der Waals surface area contributed by atoms with Gasteiger partial charge < -0.3 is 10.1 Å². The number of aryl methyl sites for hydroxylation is 3. The van der Waals surface area contributed by atoms with Crippen molar-refractivity contribution < 1.29 is 22.7 Å². The summed E-state index contributed by atoms with van der Waals surface area (Å²) in [6, 6.07) is 10.0. The standard InChI is InChI=1S/C21H25NO5S/c1-13-10-14(2)19(15(3)11-13)22-20(23)16(4)27-21(24)18-8-6-17(7-9-18)12-28(5,25)26/h6-11,16H,12H2,1-5H3,(H,22,23)/t16-/m1/s1. The van der Waals surface area contributed by atoms with Crippen molar-refractivity contribution in [1.29, 1.82) is 0 Å². The Morgan fingerprint density at radius 2 is 1.57 bits per heavy atom. The molecule has 0 aliphatic rings. The zero-order valence-electron chi connectivity index (χ0n) is 16.7. The Morgan fingerprint density at radius 3 is 2.07 bits per heavy atom. The molecule has 0 saturated heterocycles. The lowest BCUT2D eigenvalue weighted by atomic mass is 10.0. The molecule has 0 aliphatic carbocycles. The van der Waals surface area contributed by atoms with Crippen LogP contribution in [0.15, 0.2) is 36.4 Å². The summed E-state index contributed by atoms with van der Waals surface area (Å²) in [6.45, 7) is 7.30. The molecule has 0 saturated carbocycles. The van der Waals surface area contributed by atoms with Gasteiger partial charge in [0.25, 0.3) is 5.91 Å². The number of hydrogen-bond acceptors (Lipinski definition) is 5. The second-order valence-corrected chi connectivity index (χ2v) is 9.22. The average molecular weight is 404 g/mol. The number of ether oxygens (including phenoxy) is 1. The molecule has 0 spiro atoms. The molecular weight excluding hydrogens is 378 g/mol. The fourth-order valence-electron chi connectivity index (χ4n) is 2.92. The molecule has 0 radical (unpaired) electrons. The Labute approximate surface area is 165 Å². The van der Waals surface area contributed by atoms with Crippen LogP contribution < -0.4 is 5.32 Å². The molecule has 2 rings (SSSR count). The van der Waals surface area contributed by atoms with E-state index in [9.17, 15) is 18.0 Å².